The van der Waals surface area contributed by atoms with E-state index in [0.717, 1.165) is 11.1 Å². The molecular formula is C18H18N2O3. The maximum absolute atomic E-state index is 12.1. The van der Waals surface area contributed by atoms with Gasteiger partial charge in [-0.2, -0.15) is 0 Å². The Balaban J connectivity index is 2.06. The van der Waals surface area contributed by atoms with Gasteiger partial charge in [0, 0.05) is 18.5 Å². The van der Waals surface area contributed by atoms with Crippen LogP contribution < -0.4 is 5.32 Å². The summed E-state index contributed by atoms with van der Waals surface area (Å²) in [5.41, 5.74) is 1.72. The number of carbonyl (C=O) groups excluding carboxylic acids is 2. The zero-order valence-electron chi connectivity index (χ0n) is 12.8. The summed E-state index contributed by atoms with van der Waals surface area (Å²) in [6, 6.07) is 12.5. The molecule has 1 aromatic heterocycles. The predicted octanol–water partition coefficient (Wildman–Crippen LogP) is 2.52. The van der Waals surface area contributed by atoms with Crippen LogP contribution in [0, 0.1) is 0 Å². The third-order valence-electron chi connectivity index (χ3n) is 3.25. The molecule has 1 heterocycles. The number of nitrogens with one attached hydrogen (secondary N) is 1. The predicted molar refractivity (Wildman–Crippen MR) is 87.2 cm³/mol. The topological polar surface area (TPSA) is 68.3 Å². The van der Waals surface area contributed by atoms with E-state index in [0.29, 0.717) is 0 Å². The van der Waals surface area contributed by atoms with Gasteiger partial charge in [0.2, 0.25) is 5.91 Å². The first-order valence-corrected chi connectivity index (χ1v) is 7.19. The number of hydrogen-bond acceptors (Lipinski definition) is 4. The second kappa shape index (κ2) is 8.48. The standard InChI is InChI=1S/C18H18N2O3/c1-23-18(22)13-16(15-5-3-2-4-6-15)20-17(21)8-7-14-9-11-19-12-10-14/h2-12,16H,13H2,1H3,(H,20,21)/b8-7+. The van der Waals surface area contributed by atoms with Crippen molar-refractivity contribution in [1.29, 1.82) is 0 Å². The van der Waals surface area contributed by atoms with E-state index in [1.54, 1.807) is 30.6 Å². The number of pyridine rings is 1. The van der Waals surface area contributed by atoms with Gasteiger partial charge < -0.3 is 10.1 Å². The summed E-state index contributed by atoms with van der Waals surface area (Å²) in [5, 5.41) is 2.83. The van der Waals surface area contributed by atoms with E-state index in [2.05, 4.69) is 10.3 Å². The van der Waals surface area contributed by atoms with Gasteiger partial charge in [-0.25, -0.2) is 0 Å². The molecule has 5 nitrogen and oxygen atoms in total. The molecule has 1 N–H and O–H groups in total. The number of esters is 1. The first-order chi connectivity index (χ1) is 11.2. The van der Waals surface area contributed by atoms with Crippen LogP contribution in [0.3, 0.4) is 0 Å². The van der Waals surface area contributed by atoms with Crippen molar-refractivity contribution in [2.24, 2.45) is 0 Å². The Labute approximate surface area is 135 Å². The minimum absolute atomic E-state index is 0.0787. The van der Waals surface area contributed by atoms with Crippen LogP contribution in [0.15, 0.2) is 60.9 Å². The maximum Gasteiger partial charge on any atom is 0.307 e. The minimum atomic E-state index is -0.432. The number of rotatable bonds is 6. The van der Waals surface area contributed by atoms with Gasteiger partial charge in [0.05, 0.1) is 19.6 Å². The molecule has 0 saturated heterocycles. The third-order valence-corrected chi connectivity index (χ3v) is 3.25. The number of amides is 1. The summed E-state index contributed by atoms with van der Waals surface area (Å²) >= 11 is 0. The van der Waals surface area contributed by atoms with Crippen molar-refractivity contribution in [3.8, 4) is 0 Å². The minimum Gasteiger partial charge on any atom is -0.469 e. The highest BCUT2D eigenvalue weighted by atomic mass is 16.5. The molecule has 0 aliphatic rings. The number of aromatic nitrogens is 1. The van der Waals surface area contributed by atoms with Crippen LogP contribution in [-0.2, 0) is 14.3 Å². The number of methoxy groups -OCH3 is 1. The number of nitrogens with zero attached hydrogens (tertiary/aromatic N) is 1. The maximum atomic E-state index is 12.1. The van der Waals surface area contributed by atoms with Crippen molar-refractivity contribution in [3.05, 3.63) is 72.1 Å². The molecule has 0 aliphatic heterocycles. The first kappa shape index (κ1) is 16.4. The van der Waals surface area contributed by atoms with Crippen LogP contribution in [0.5, 0.6) is 0 Å². The van der Waals surface area contributed by atoms with E-state index >= 15 is 0 Å². The van der Waals surface area contributed by atoms with Crippen molar-refractivity contribution < 1.29 is 14.3 Å². The van der Waals surface area contributed by atoms with Gasteiger partial charge in [0.1, 0.15) is 0 Å². The van der Waals surface area contributed by atoms with E-state index in [1.165, 1.54) is 13.2 Å². The molecule has 1 amide bonds. The largest absolute Gasteiger partial charge is 0.469 e. The fourth-order valence-corrected chi connectivity index (χ4v) is 2.05. The molecular weight excluding hydrogens is 292 g/mol. The number of benzene rings is 1. The molecule has 5 heteroatoms. The molecule has 1 atom stereocenters. The van der Waals surface area contributed by atoms with Crippen LogP contribution >= 0.6 is 0 Å². The molecule has 118 valence electrons. The van der Waals surface area contributed by atoms with Crippen molar-refractivity contribution in [2.45, 2.75) is 12.5 Å². The SMILES string of the molecule is COC(=O)CC(NC(=O)/C=C/c1ccncc1)c1ccccc1. The fourth-order valence-electron chi connectivity index (χ4n) is 2.05. The summed E-state index contributed by atoms with van der Waals surface area (Å²) in [6.45, 7) is 0. The lowest BCUT2D eigenvalue weighted by Gasteiger charge is -2.17. The van der Waals surface area contributed by atoms with Gasteiger partial charge in [-0.05, 0) is 29.3 Å². The second-order valence-electron chi connectivity index (χ2n) is 4.87. The lowest BCUT2D eigenvalue weighted by Crippen LogP contribution is -2.29. The molecule has 2 aromatic rings. The Kier molecular flexibility index (Phi) is 6.06. The molecule has 2 rings (SSSR count). The molecule has 0 spiro atoms. The molecule has 0 saturated carbocycles. The quantitative estimate of drug-likeness (QED) is 0.657. The van der Waals surface area contributed by atoms with E-state index in [9.17, 15) is 9.59 Å². The summed E-state index contributed by atoms with van der Waals surface area (Å²) in [7, 11) is 1.33. The summed E-state index contributed by atoms with van der Waals surface area (Å²) < 4.78 is 4.70. The van der Waals surface area contributed by atoms with Crippen LogP contribution in [0.4, 0.5) is 0 Å². The van der Waals surface area contributed by atoms with Gasteiger partial charge in [0.15, 0.2) is 0 Å². The lowest BCUT2D eigenvalue weighted by molar-refractivity contribution is -0.141. The number of ether oxygens (including phenoxy) is 1. The van der Waals surface area contributed by atoms with E-state index in [4.69, 9.17) is 4.74 Å². The lowest BCUT2D eigenvalue weighted by atomic mass is 10.0. The highest BCUT2D eigenvalue weighted by Crippen LogP contribution is 2.17. The molecule has 0 bridgehead atoms. The fraction of sp³-hybridized carbons (Fsp3) is 0.167. The molecule has 23 heavy (non-hydrogen) atoms. The zero-order chi connectivity index (χ0) is 16.5. The third kappa shape index (κ3) is 5.39. The molecule has 1 unspecified atom stereocenters. The normalized spacial score (nSPS) is 11.9. The second-order valence-corrected chi connectivity index (χ2v) is 4.87. The van der Waals surface area contributed by atoms with Gasteiger partial charge in [0.25, 0.3) is 0 Å². The summed E-state index contributed by atoms with van der Waals surface area (Å²) in [5.74, 6) is -0.656. The summed E-state index contributed by atoms with van der Waals surface area (Å²) in [4.78, 5) is 27.6. The monoisotopic (exact) mass is 310 g/mol. The number of carbonyl (C=O) groups is 2. The molecule has 0 fully saturated rings. The van der Waals surface area contributed by atoms with Crippen LogP contribution in [0.1, 0.15) is 23.6 Å². The number of hydrogen-bond donors (Lipinski definition) is 1. The highest BCUT2D eigenvalue weighted by Gasteiger charge is 2.17. The Bertz CT molecular complexity index is 669. The Morgan fingerprint density at radius 1 is 1.17 bits per heavy atom. The van der Waals surface area contributed by atoms with E-state index in [-0.39, 0.29) is 18.3 Å². The Morgan fingerprint density at radius 3 is 2.52 bits per heavy atom. The van der Waals surface area contributed by atoms with Gasteiger partial charge >= 0.3 is 5.97 Å². The Morgan fingerprint density at radius 2 is 1.87 bits per heavy atom. The van der Waals surface area contributed by atoms with E-state index in [1.807, 2.05) is 30.3 Å². The van der Waals surface area contributed by atoms with E-state index < -0.39 is 6.04 Å². The zero-order valence-corrected chi connectivity index (χ0v) is 12.8. The first-order valence-electron chi connectivity index (χ1n) is 7.19. The summed E-state index contributed by atoms with van der Waals surface area (Å²) in [6.07, 6.45) is 6.51. The average Bonchev–Trinajstić information content (AvgIpc) is 2.61. The van der Waals surface area contributed by atoms with Gasteiger partial charge in [-0.3, -0.25) is 14.6 Å². The average molecular weight is 310 g/mol. The van der Waals surface area contributed by atoms with Crippen LogP contribution in [-0.4, -0.2) is 24.0 Å². The van der Waals surface area contributed by atoms with Crippen molar-refractivity contribution >= 4 is 18.0 Å². The van der Waals surface area contributed by atoms with Gasteiger partial charge in [-0.1, -0.05) is 30.3 Å². The van der Waals surface area contributed by atoms with Crippen molar-refractivity contribution in [3.63, 3.8) is 0 Å². The molecule has 0 aliphatic carbocycles. The van der Waals surface area contributed by atoms with Gasteiger partial charge in [-0.15, -0.1) is 0 Å². The van der Waals surface area contributed by atoms with Crippen LogP contribution in [0.2, 0.25) is 0 Å². The van der Waals surface area contributed by atoms with Crippen LogP contribution in [0.25, 0.3) is 6.08 Å². The smallest absolute Gasteiger partial charge is 0.307 e. The Hall–Kier alpha value is -2.95. The highest BCUT2D eigenvalue weighted by molar-refractivity contribution is 5.92. The molecule has 0 radical (unpaired) electrons. The molecule has 1 aromatic carbocycles. The van der Waals surface area contributed by atoms with Crippen molar-refractivity contribution in [2.75, 3.05) is 7.11 Å². The van der Waals surface area contributed by atoms with Crippen molar-refractivity contribution in [1.82, 2.24) is 10.3 Å².